The molecule has 0 saturated heterocycles. The zero-order chi connectivity index (χ0) is 14.5. The summed E-state index contributed by atoms with van der Waals surface area (Å²) in [4.78, 5) is 23.6. The Kier molecular flexibility index (Phi) is 5.60. The second kappa shape index (κ2) is 7.19. The fraction of sp³-hybridized carbons (Fsp3) is 0.188. The Hall–Kier alpha value is -2.69. The van der Waals surface area contributed by atoms with Crippen molar-refractivity contribution in [2.75, 3.05) is 7.05 Å². The largest absolute Gasteiger partial charge is 0.394 e. The van der Waals surface area contributed by atoms with Crippen molar-refractivity contribution >= 4 is 5.78 Å². The molecule has 0 aliphatic heterocycles. The summed E-state index contributed by atoms with van der Waals surface area (Å²) >= 11 is 0. The van der Waals surface area contributed by atoms with E-state index < -0.39 is 5.78 Å². The minimum absolute atomic E-state index is 0. The minimum Gasteiger partial charge on any atom is -0.394 e. The van der Waals surface area contributed by atoms with Crippen molar-refractivity contribution < 1.29 is 4.79 Å². The van der Waals surface area contributed by atoms with Gasteiger partial charge in [0.25, 0.3) is 0 Å². The van der Waals surface area contributed by atoms with Crippen molar-refractivity contribution in [3.63, 3.8) is 0 Å². The Morgan fingerprint density at radius 2 is 2.10 bits per heavy atom. The third-order valence-corrected chi connectivity index (χ3v) is 2.71. The van der Waals surface area contributed by atoms with Gasteiger partial charge in [-0.15, -0.1) is 0 Å². The van der Waals surface area contributed by atoms with E-state index in [2.05, 4.69) is 10.4 Å². The van der Waals surface area contributed by atoms with Gasteiger partial charge < -0.3 is 5.32 Å². The molecule has 0 amide bonds. The van der Waals surface area contributed by atoms with Gasteiger partial charge in [0.1, 0.15) is 0 Å². The van der Waals surface area contributed by atoms with Crippen molar-refractivity contribution in [2.24, 2.45) is 0 Å². The molecule has 0 bridgehead atoms. The van der Waals surface area contributed by atoms with E-state index >= 15 is 0 Å². The number of benzene rings is 1. The molecule has 0 aliphatic carbocycles. The smallest absolute Gasteiger partial charge is 0.211 e. The second-order valence-corrected chi connectivity index (χ2v) is 4.30. The molecule has 1 aromatic heterocycles. The van der Waals surface area contributed by atoms with Crippen LogP contribution in [0, 0.1) is 6.92 Å². The average molecular weight is 285 g/mol. The van der Waals surface area contributed by atoms with Crippen LogP contribution < -0.4 is 10.7 Å². The van der Waals surface area contributed by atoms with Gasteiger partial charge >= 0.3 is 0 Å². The molecule has 1 aromatic carbocycles. The predicted octanol–water partition coefficient (Wildman–Crippen LogP) is 2.09. The van der Waals surface area contributed by atoms with Gasteiger partial charge in [0.2, 0.25) is 11.2 Å². The van der Waals surface area contributed by atoms with E-state index in [1.807, 2.05) is 31.2 Å². The fourth-order valence-corrected chi connectivity index (χ4v) is 1.73. The summed E-state index contributed by atoms with van der Waals surface area (Å²) in [5.41, 5.74) is 1.39. The van der Waals surface area contributed by atoms with Crippen molar-refractivity contribution in [1.82, 2.24) is 15.1 Å². The summed E-state index contributed by atoms with van der Waals surface area (Å²) in [6, 6.07) is 8.99. The van der Waals surface area contributed by atoms with E-state index in [0.717, 1.165) is 11.3 Å². The van der Waals surface area contributed by atoms with E-state index in [0.29, 0.717) is 0 Å². The summed E-state index contributed by atoms with van der Waals surface area (Å²) in [5.74, 6) is -0.425. The van der Waals surface area contributed by atoms with Gasteiger partial charge in [-0.2, -0.15) is 5.10 Å². The molecule has 1 heterocycles. The van der Waals surface area contributed by atoms with Gasteiger partial charge in [-0.1, -0.05) is 19.6 Å². The standard InChI is InChI=1S/C15H15N3O2.CH4/c1-11-4-3-5-12(10-11)18-9-7-14(20)15(17-18)13(19)6-8-16-2;/h3-10,16H,1-2H3;1H4. The van der Waals surface area contributed by atoms with Crippen molar-refractivity contribution in [1.29, 1.82) is 0 Å². The van der Waals surface area contributed by atoms with Crippen LogP contribution in [0.25, 0.3) is 5.69 Å². The minimum atomic E-state index is -0.425. The molecule has 0 spiro atoms. The number of hydrogen-bond donors (Lipinski definition) is 1. The summed E-state index contributed by atoms with van der Waals surface area (Å²) < 4.78 is 1.52. The fourth-order valence-electron chi connectivity index (χ4n) is 1.73. The summed E-state index contributed by atoms with van der Waals surface area (Å²) in [5, 5.41) is 6.82. The summed E-state index contributed by atoms with van der Waals surface area (Å²) in [6.45, 7) is 1.97. The van der Waals surface area contributed by atoms with Crippen molar-refractivity contribution in [2.45, 2.75) is 14.4 Å². The Morgan fingerprint density at radius 3 is 2.76 bits per heavy atom. The second-order valence-electron chi connectivity index (χ2n) is 4.30. The summed E-state index contributed by atoms with van der Waals surface area (Å²) in [6.07, 6.45) is 4.30. The quantitative estimate of drug-likeness (QED) is 0.690. The third kappa shape index (κ3) is 3.89. The van der Waals surface area contributed by atoms with Gasteiger partial charge in [0.15, 0.2) is 5.69 Å². The summed E-state index contributed by atoms with van der Waals surface area (Å²) in [7, 11) is 1.67. The number of carbonyl (C=O) groups is 1. The van der Waals surface area contributed by atoms with Crippen molar-refractivity contribution in [3.8, 4) is 5.69 Å². The molecule has 0 aliphatic rings. The Balaban J connectivity index is 0.00000220. The molecule has 0 radical (unpaired) electrons. The lowest BCUT2D eigenvalue weighted by molar-refractivity contribution is 0.103. The molecule has 5 nitrogen and oxygen atoms in total. The number of aromatic nitrogens is 2. The number of allylic oxidation sites excluding steroid dienone is 1. The Bertz CT molecular complexity index is 717. The zero-order valence-corrected chi connectivity index (χ0v) is 11.3. The van der Waals surface area contributed by atoms with Crippen LogP contribution >= 0.6 is 0 Å². The number of aryl methyl sites for hydroxylation is 1. The zero-order valence-electron chi connectivity index (χ0n) is 11.3. The predicted molar refractivity (Wildman–Crippen MR) is 83.8 cm³/mol. The number of ketones is 1. The molecule has 1 N–H and O–H groups in total. The van der Waals surface area contributed by atoms with Crippen LogP contribution in [0.5, 0.6) is 0 Å². The highest BCUT2D eigenvalue weighted by Gasteiger charge is 2.10. The van der Waals surface area contributed by atoms with Crippen LogP contribution in [-0.2, 0) is 0 Å². The van der Waals surface area contributed by atoms with Crippen LogP contribution in [0.3, 0.4) is 0 Å². The molecule has 0 atom stereocenters. The highest BCUT2D eigenvalue weighted by atomic mass is 16.1. The van der Waals surface area contributed by atoms with Crippen LogP contribution in [-0.4, -0.2) is 22.6 Å². The molecule has 2 aromatic rings. The molecule has 0 unspecified atom stereocenters. The lowest BCUT2D eigenvalue weighted by Gasteiger charge is -2.06. The average Bonchev–Trinajstić information content (AvgIpc) is 2.45. The third-order valence-electron chi connectivity index (χ3n) is 2.71. The number of hydrogen-bond acceptors (Lipinski definition) is 4. The van der Waals surface area contributed by atoms with Gasteiger partial charge in [-0.25, -0.2) is 4.68 Å². The maximum absolute atomic E-state index is 11.9. The molecular formula is C16H19N3O2. The molecule has 110 valence electrons. The van der Waals surface area contributed by atoms with Gasteiger partial charge in [-0.3, -0.25) is 9.59 Å². The first-order valence-corrected chi connectivity index (χ1v) is 6.17. The van der Waals surface area contributed by atoms with E-state index in [4.69, 9.17) is 0 Å². The maximum Gasteiger partial charge on any atom is 0.211 e. The van der Waals surface area contributed by atoms with Gasteiger partial charge in [0, 0.05) is 31.6 Å². The number of carbonyl (C=O) groups excluding carboxylic acids is 1. The molecule has 0 fully saturated rings. The molecule has 5 heteroatoms. The normalized spacial score (nSPS) is 10.2. The molecule has 0 saturated carbocycles. The molecule has 2 rings (SSSR count). The highest BCUT2D eigenvalue weighted by molar-refractivity contribution is 6.02. The van der Waals surface area contributed by atoms with E-state index in [9.17, 15) is 9.59 Å². The Morgan fingerprint density at radius 1 is 1.33 bits per heavy atom. The van der Waals surface area contributed by atoms with E-state index in [1.165, 1.54) is 23.0 Å². The van der Waals surface area contributed by atoms with Gasteiger partial charge in [0.05, 0.1) is 5.69 Å². The number of nitrogens with one attached hydrogen (secondary N) is 1. The first kappa shape index (κ1) is 16.4. The first-order valence-electron chi connectivity index (χ1n) is 6.17. The van der Waals surface area contributed by atoms with Crippen LogP contribution in [0.1, 0.15) is 23.5 Å². The van der Waals surface area contributed by atoms with E-state index in [1.54, 1.807) is 13.2 Å². The van der Waals surface area contributed by atoms with E-state index in [-0.39, 0.29) is 18.5 Å². The molecule has 21 heavy (non-hydrogen) atoms. The Labute approximate surface area is 123 Å². The van der Waals surface area contributed by atoms with Gasteiger partial charge in [-0.05, 0) is 24.6 Å². The van der Waals surface area contributed by atoms with Crippen LogP contribution in [0.15, 0.2) is 53.6 Å². The van der Waals surface area contributed by atoms with Crippen LogP contribution in [0.2, 0.25) is 0 Å². The topological polar surface area (TPSA) is 64.0 Å². The first-order chi connectivity index (χ1) is 9.61. The molecular weight excluding hydrogens is 266 g/mol. The monoisotopic (exact) mass is 285 g/mol. The van der Waals surface area contributed by atoms with Crippen LogP contribution in [0.4, 0.5) is 0 Å². The number of nitrogens with zero attached hydrogens (tertiary/aromatic N) is 2. The number of rotatable bonds is 4. The lowest BCUT2D eigenvalue weighted by atomic mass is 10.2. The highest BCUT2D eigenvalue weighted by Crippen LogP contribution is 2.08. The SMILES string of the molecule is C.CNC=CC(=O)c1nn(-c2cccc(C)c2)ccc1=O. The maximum atomic E-state index is 11.9. The van der Waals surface area contributed by atoms with Crippen molar-refractivity contribution in [3.05, 3.63) is 70.3 Å². The lowest BCUT2D eigenvalue weighted by Crippen LogP contribution is -2.19.